The van der Waals surface area contributed by atoms with Crippen LogP contribution in [0, 0.1) is 10.8 Å². The lowest BCUT2D eigenvalue weighted by atomic mass is 9.42. The van der Waals surface area contributed by atoms with Crippen LogP contribution < -0.4 is 10.2 Å². The number of aryl methyl sites for hydroxylation is 1. The van der Waals surface area contributed by atoms with E-state index in [9.17, 15) is 0 Å². The van der Waals surface area contributed by atoms with Crippen molar-refractivity contribution in [2.75, 3.05) is 7.11 Å². The molecule has 0 atom stereocenters. The minimum Gasteiger partial charge on any atom is -0.497 e. The quantitative estimate of drug-likeness (QED) is 0.818. The highest BCUT2D eigenvalue weighted by molar-refractivity contribution is 6.75. The summed E-state index contributed by atoms with van der Waals surface area (Å²) in [4.78, 5) is 1.48. The van der Waals surface area contributed by atoms with E-state index >= 15 is 0 Å². The van der Waals surface area contributed by atoms with Crippen LogP contribution in [0.5, 0.6) is 5.75 Å². The summed E-state index contributed by atoms with van der Waals surface area (Å²) in [5, 5.41) is 12.4. The molecule has 122 valence electrons. The molecule has 6 heteroatoms. The first-order valence-corrected chi connectivity index (χ1v) is 8.16. The van der Waals surface area contributed by atoms with Crippen LogP contribution in [0.25, 0.3) is 11.4 Å². The van der Waals surface area contributed by atoms with Gasteiger partial charge in [0.2, 0.25) is 5.82 Å². The molecule has 0 spiro atoms. The summed E-state index contributed by atoms with van der Waals surface area (Å²) in [6.45, 7) is 9.97. The lowest BCUT2D eigenvalue weighted by Crippen LogP contribution is -2.29. The predicted molar refractivity (Wildman–Crippen MR) is 93.4 cm³/mol. The Bertz CT molecular complexity index is 707. The Hall–Kier alpha value is -1.85. The van der Waals surface area contributed by atoms with Gasteiger partial charge < -0.3 is 4.74 Å². The maximum Gasteiger partial charge on any atom is 0.208 e. The maximum atomic E-state index is 5.77. The fourth-order valence-corrected chi connectivity index (χ4v) is 3.75. The number of nitrogens with zero attached hydrogens (tertiary/aromatic N) is 4. The molecule has 2 aromatic rings. The third kappa shape index (κ3) is 2.64. The Labute approximate surface area is 138 Å². The van der Waals surface area contributed by atoms with Crippen LogP contribution in [0.3, 0.4) is 0 Å². The molecule has 1 aromatic carbocycles. The van der Waals surface area contributed by atoms with Gasteiger partial charge in [-0.15, -0.1) is 10.2 Å². The van der Waals surface area contributed by atoms with Gasteiger partial charge in [-0.25, -0.2) is 0 Å². The second-order valence-electron chi connectivity index (χ2n) is 7.90. The number of tetrazole rings is 1. The van der Waals surface area contributed by atoms with Crippen LogP contribution >= 0.6 is 0 Å². The van der Waals surface area contributed by atoms with Crippen molar-refractivity contribution in [2.24, 2.45) is 17.9 Å². The van der Waals surface area contributed by atoms with Gasteiger partial charge in [0, 0.05) is 0 Å². The van der Waals surface area contributed by atoms with Crippen LogP contribution in [-0.4, -0.2) is 34.0 Å². The summed E-state index contributed by atoms with van der Waals surface area (Å²) in [6, 6.07) is 6.26. The van der Waals surface area contributed by atoms with E-state index in [2.05, 4.69) is 55.2 Å². The van der Waals surface area contributed by atoms with Gasteiger partial charge in [0.25, 0.3) is 0 Å². The predicted octanol–water partition coefficient (Wildman–Crippen LogP) is 2.65. The van der Waals surface area contributed by atoms with E-state index in [1.165, 1.54) is 10.3 Å². The molecule has 0 N–H and O–H groups in total. The van der Waals surface area contributed by atoms with E-state index in [-0.39, 0.29) is 0 Å². The zero-order valence-corrected chi connectivity index (χ0v) is 14.9. The summed E-state index contributed by atoms with van der Waals surface area (Å²) >= 11 is 0. The average molecular weight is 312 g/mol. The van der Waals surface area contributed by atoms with Gasteiger partial charge >= 0.3 is 0 Å². The SMILES string of the molecule is COc1c(B2CC(C)(C)C(C)(C)C2)cccc1-c1nnn(C)n1. The lowest BCUT2D eigenvalue weighted by molar-refractivity contribution is 0.177. The third-order valence-electron chi connectivity index (χ3n) is 5.78. The highest BCUT2D eigenvalue weighted by atomic mass is 16.5. The summed E-state index contributed by atoms with van der Waals surface area (Å²) in [7, 11) is 3.50. The fourth-order valence-electron chi connectivity index (χ4n) is 3.75. The fraction of sp³-hybridized carbons (Fsp3) is 0.588. The number of rotatable bonds is 3. The molecule has 1 aliphatic heterocycles. The lowest BCUT2D eigenvalue weighted by Gasteiger charge is -2.35. The van der Waals surface area contributed by atoms with E-state index in [0.717, 1.165) is 24.0 Å². The zero-order chi connectivity index (χ0) is 16.8. The minimum atomic E-state index is 0.309. The van der Waals surface area contributed by atoms with Gasteiger partial charge in [-0.05, 0) is 27.6 Å². The van der Waals surface area contributed by atoms with Crippen molar-refractivity contribution >= 4 is 12.2 Å². The largest absolute Gasteiger partial charge is 0.497 e. The van der Waals surface area contributed by atoms with Crippen molar-refractivity contribution in [3.8, 4) is 17.1 Å². The van der Waals surface area contributed by atoms with Crippen LogP contribution in [0.15, 0.2) is 18.2 Å². The first-order chi connectivity index (χ1) is 10.7. The molecule has 0 radical (unpaired) electrons. The summed E-state index contributed by atoms with van der Waals surface area (Å²) in [6.07, 6.45) is 2.32. The van der Waals surface area contributed by atoms with E-state index in [1.807, 2.05) is 6.07 Å². The highest BCUT2D eigenvalue weighted by Gasteiger charge is 2.48. The van der Waals surface area contributed by atoms with Crippen LogP contribution in [0.4, 0.5) is 0 Å². The van der Waals surface area contributed by atoms with Crippen molar-refractivity contribution in [3.63, 3.8) is 0 Å². The normalized spacial score (nSPS) is 19.1. The Kier molecular flexibility index (Phi) is 3.73. The summed E-state index contributed by atoms with van der Waals surface area (Å²) in [5.74, 6) is 1.50. The number of hydrogen-bond donors (Lipinski definition) is 0. The molecule has 1 fully saturated rings. The Morgan fingerprint density at radius 2 is 1.78 bits per heavy atom. The molecule has 5 nitrogen and oxygen atoms in total. The topological polar surface area (TPSA) is 52.8 Å². The maximum absolute atomic E-state index is 5.77. The molecule has 0 saturated carbocycles. The van der Waals surface area contributed by atoms with Gasteiger partial charge in [-0.1, -0.05) is 52.5 Å². The molecule has 23 heavy (non-hydrogen) atoms. The van der Waals surface area contributed by atoms with Crippen LogP contribution in [-0.2, 0) is 7.05 Å². The van der Waals surface area contributed by atoms with Gasteiger partial charge in [-0.3, -0.25) is 0 Å². The molecule has 0 unspecified atom stereocenters. The average Bonchev–Trinajstić information content (AvgIpc) is 2.99. The van der Waals surface area contributed by atoms with E-state index in [0.29, 0.717) is 23.4 Å². The zero-order valence-electron chi connectivity index (χ0n) is 14.9. The number of benzene rings is 1. The highest BCUT2D eigenvalue weighted by Crippen LogP contribution is 2.53. The van der Waals surface area contributed by atoms with Crippen molar-refractivity contribution in [3.05, 3.63) is 18.2 Å². The van der Waals surface area contributed by atoms with Crippen molar-refractivity contribution < 1.29 is 4.74 Å². The Morgan fingerprint density at radius 1 is 1.13 bits per heavy atom. The molecular weight excluding hydrogens is 287 g/mol. The Balaban J connectivity index is 2.05. The number of hydrogen-bond acceptors (Lipinski definition) is 4. The van der Waals surface area contributed by atoms with Gasteiger partial charge in [0.15, 0.2) is 6.71 Å². The summed E-state index contributed by atoms with van der Waals surface area (Å²) < 4.78 is 5.77. The molecule has 3 rings (SSSR count). The van der Waals surface area contributed by atoms with Crippen molar-refractivity contribution in [2.45, 2.75) is 40.3 Å². The molecule has 1 aliphatic rings. The number of ether oxygens (including phenoxy) is 1. The molecule has 1 saturated heterocycles. The first kappa shape index (κ1) is 16.0. The molecular formula is C17H25BN4O. The minimum absolute atomic E-state index is 0.309. The second kappa shape index (κ2) is 5.36. The molecule has 2 heterocycles. The molecule has 0 bridgehead atoms. The van der Waals surface area contributed by atoms with Crippen LogP contribution in [0.1, 0.15) is 27.7 Å². The monoisotopic (exact) mass is 312 g/mol. The van der Waals surface area contributed by atoms with E-state index in [1.54, 1.807) is 14.2 Å². The third-order valence-corrected chi connectivity index (χ3v) is 5.78. The summed E-state index contributed by atoms with van der Waals surface area (Å²) in [5.41, 5.74) is 2.80. The number of aromatic nitrogens is 4. The van der Waals surface area contributed by atoms with Gasteiger partial charge in [0.05, 0.1) is 19.7 Å². The first-order valence-electron chi connectivity index (χ1n) is 8.16. The van der Waals surface area contributed by atoms with Crippen molar-refractivity contribution in [1.82, 2.24) is 20.2 Å². The standard InChI is InChI=1S/C17H25BN4O/c1-16(2)10-18(11-17(16,3)4)13-9-7-8-12(14(13)23-6)15-19-21-22(5)20-15/h7-9H,10-11H2,1-6H3. The molecule has 0 aliphatic carbocycles. The van der Waals surface area contributed by atoms with Crippen LogP contribution in [0.2, 0.25) is 12.6 Å². The number of para-hydroxylation sites is 1. The van der Waals surface area contributed by atoms with Crippen molar-refractivity contribution in [1.29, 1.82) is 0 Å². The Morgan fingerprint density at radius 3 is 2.30 bits per heavy atom. The smallest absolute Gasteiger partial charge is 0.208 e. The van der Waals surface area contributed by atoms with E-state index in [4.69, 9.17) is 4.74 Å². The van der Waals surface area contributed by atoms with E-state index < -0.39 is 0 Å². The second-order valence-corrected chi connectivity index (χ2v) is 7.90. The number of methoxy groups -OCH3 is 1. The molecule has 1 aromatic heterocycles. The van der Waals surface area contributed by atoms with Gasteiger partial charge in [-0.2, -0.15) is 4.80 Å². The molecule has 0 amide bonds. The van der Waals surface area contributed by atoms with Gasteiger partial charge in [0.1, 0.15) is 5.75 Å².